The van der Waals surface area contributed by atoms with E-state index in [4.69, 9.17) is 9.15 Å². The van der Waals surface area contributed by atoms with E-state index in [1.165, 1.54) is 0 Å². The maximum absolute atomic E-state index is 12.9. The topological polar surface area (TPSA) is 80.6 Å². The molecule has 2 heterocycles. The van der Waals surface area contributed by atoms with E-state index >= 15 is 0 Å². The van der Waals surface area contributed by atoms with Crippen LogP contribution >= 0.6 is 0 Å². The third-order valence-electron chi connectivity index (χ3n) is 5.21. The monoisotopic (exact) mass is 386 g/mol. The average molecular weight is 386 g/mol. The lowest BCUT2D eigenvalue weighted by Gasteiger charge is -2.17. The van der Waals surface area contributed by atoms with Crippen LogP contribution in [-0.4, -0.2) is 18.9 Å². The van der Waals surface area contributed by atoms with Crippen molar-refractivity contribution in [2.24, 2.45) is 0 Å². The van der Waals surface area contributed by atoms with Crippen LogP contribution in [0.2, 0.25) is 0 Å². The van der Waals surface area contributed by atoms with E-state index in [1.54, 1.807) is 25.3 Å². The van der Waals surface area contributed by atoms with Gasteiger partial charge in [-0.1, -0.05) is 18.2 Å². The summed E-state index contributed by atoms with van der Waals surface area (Å²) in [5.74, 6) is 0.305. The maximum atomic E-state index is 12.9. The quantitative estimate of drug-likeness (QED) is 0.533. The van der Waals surface area contributed by atoms with Gasteiger partial charge in [-0.05, 0) is 42.3 Å². The Kier molecular flexibility index (Phi) is 3.98. The minimum atomic E-state index is -0.251. The van der Waals surface area contributed by atoms with Gasteiger partial charge in [0.25, 0.3) is 5.91 Å². The molecule has 0 saturated carbocycles. The van der Waals surface area contributed by atoms with Crippen LogP contribution in [-0.2, 0) is 11.2 Å². The molecule has 0 atom stereocenters. The number of fused-ring (bicyclic) bond motifs is 4. The minimum Gasteiger partial charge on any atom is -0.495 e. The molecule has 2 amide bonds. The van der Waals surface area contributed by atoms with Gasteiger partial charge in [0, 0.05) is 34.5 Å². The smallest absolute Gasteiger partial charge is 0.255 e. The SMILES string of the molecule is COc1cc2c(cc1NC(=O)c1ccc3c(c1)CCC(=O)N3)oc1ccccc12. The second kappa shape index (κ2) is 6.67. The van der Waals surface area contributed by atoms with Crippen molar-refractivity contribution in [1.29, 1.82) is 0 Å². The summed E-state index contributed by atoms with van der Waals surface area (Å²) in [6.45, 7) is 0. The van der Waals surface area contributed by atoms with E-state index in [-0.39, 0.29) is 11.8 Å². The Balaban J connectivity index is 1.50. The van der Waals surface area contributed by atoms with E-state index < -0.39 is 0 Å². The lowest BCUT2D eigenvalue weighted by molar-refractivity contribution is -0.116. The van der Waals surface area contributed by atoms with Crippen LogP contribution in [0.3, 0.4) is 0 Å². The number of hydrogen-bond donors (Lipinski definition) is 2. The maximum Gasteiger partial charge on any atom is 0.255 e. The summed E-state index contributed by atoms with van der Waals surface area (Å²) >= 11 is 0. The summed E-state index contributed by atoms with van der Waals surface area (Å²) in [7, 11) is 1.57. The number of nitrogens with one attached hydrogen (secondary N) is 2. The average Bonchev–Trinajstić information content (AvgIpc) is 3.10. The number of methoxy groups -OCH3 is 1. The second-order valence-electron chi connectivity index (χ2n) is 7.02. The van der Waals surface area contributed by atoms with E-state index in [0.29, 0.717) is 35.4 Å². The first-order chi connectivity index (χ1) is 14.1. The van der Waals surface area contributed by atoms with Crippen molar-refractivity contribution in [3.8, 4) is 5.75 Å². The summed E-state index contributed by atoms with van der Waals surface area (Å²) < 4.78 is 11.4. The molecule has 2 N–H and O–H groups in total. The molecule has 1 aliphatic heterocycles. The molecule has 6 nitrogen and oxygen atoms in total. The fourth-order valence-corrected chi connectivity index (χ4v) is 3.74. The third-order valence-corrected chi connectivity index (χ3v) is 5.21. The molecule has 29 heavy (non-hydrogen) atoms. The molecule has 6 heteroatoms. The number of carbonyl (C=O) groups is 2. The number of carbonyl (C=O) groups excluding carboxylic acids is 2. The molecule has 144 valence electrons. The van der Waals surface area contributed by atoms with Crippen molar-refractivity contribution in [1.82, 2.24) is 0 Å². The first-order valence-corrected chi connectivity index (χ1v) is 9.36. The highest BCUT2D eigenvalue weighted by Crippen LogP contribution is 2.36. The first-order valence-electron chi connectivity index (χ1n) is 9.36. The zero-order chi connectivity index (χ0) is 20.0. The van der Waals surface area contributed by atoms with E-state index in [2.05, 4.69) is 10.6 Å². The highest BCUT2D eigenvalue weighted by molar-refractivity contribution is 6.10. The number of aryl methyl sites for hydroxylation is 1. The number of benzene rings is 3. The fraction of sp³-hybridized carbons (Fsp3) is 0.130. The third kappa shape index (κ3) is 2.99. The van der Waals surface area contributed by atoms with E-state index in [0.717, 1.165) is 27.6 Å². The standard InChI is InChI=1S/C23H18N2O4/c1-28-21-11-16-15-4-2-3-5-19(15)29-20(16)12-18(21)25-23(27)14-6-8-17-13(10-14)7-9-22(26)24-17/h2-6,8,10-12H,7,9H2,1H3,(H,24,26)(H,25,27). The van der Waals surface area contributed by atoms with Crippen LogP contribution in [0.4, 0.5) is 11.4 Å². The molecule has 5 rings (SSSR count). The van der Waals surface area contributed by atoms with Crippen LogP contribution in [0, 0.1) is 0 Å². The van der Waals surface area contributed by atoms with Crippen molar-refractivity contribution in [3.05, 3.63) is 65.7 Å². The molecular formula is C23H18N2O4. The van der Waals surface area contributed by atoms with Gasteiger partial charge in [-0.2, -0.15) is 0 Å². The lowest BCUT2D eigenvalue weighted by Crippen LogP contribution is -2.20. The van der Waals surface area contributed by atoms with Gasteiger partial charge < -0.3 is 19.8 Å². The molecule has 0 fully saturated rings. The summed E-state index contributed by atoms with van der Waals surface area (Å²) in [4.78, 5) is 24.4. The molecule has 0 radical (unpaired) electrons. The summed E-state index contributed by atoms with van der Waals surface area (Å²) in [6, 6.07) is 16.7. The number of para-hydroxylation sites is 1. The van der Waals surface area contributed by atoms with Gasteiger partial charge in [-0.15, -0.1) is 0 Å². The van der Waals surface area contributed by atoms with Gasteiger partial charge >= 0.3 is 0 Å². The van der Waals surface area contributed by atoms with Crippen molar-refractivity contribution in [3.63, 3.8) is 0 Å². The highest BCUT2D eigenvalue weighted by atomic mass is 16.5. The van der Waals surface area contributed by atoms with Crippen LogP contribution in [0.5, 0.6) is 5.75 Å². The molecule has 0 unspecified atom stereocenters. The Morgan fingerprint density at radius 1 is 1.03 bits per heavy atom. The van der Waals surface area contributed by atoms with Crippen molar-refractivity contribution in [2.75, 3.05) is 17.7 Å². The molecule has 0 saturated heterocycles. The second-order valence-corrected chi connectivity index (χ2v) is 7.02. The molecule has 4 aromatic rings. The first kappa shape index (κ1) is 17.3. The number of anilines is 2. The highest BCUT2D eigenvalue weighted by Gasteiger charge is 2.18. The Labute approximate surface area is 166 Å². The number of ether oxygens (including phenoxy) is 1. The van der Waals surface area contributed by atoms with Crippen LogP contribution in [0.1, 0.15) is 22.3 Å². The summed E-state index contributed by atoms with van der Waals surface area (Å²) in [5.41, 5.74) is 4.23. The largest absolute Gasteiger partial charge is 0.495 e. The Bertz CT molecular complexity index is 1290. The predicted molar refractivity (Wildman–Crippen MR) is 112 cm³/mol. The Morgan fingerprint density at radius 3 is 2.76 bits per heavy atom. The zero-order valence-corrected chi connectivity index (χ0v) is 15.7. The van der Waals surface area contributed by atoms with Gasteiger partial charge in [0.05, 0.1) is 12.8 Å². The number of amides is 2. The molecular weight excluding hydrogens is 368 g/mol. The van der Waals surface area contributed by atoms with E-state index in [9.17, 15) is 9.59 Å². The van der Waals surface area contributed by atoms with E-state index in [1.807, 2.05) is 36.4 Å². The normalized spacial score (nSPS) is 13.2. The lowest BCUT2D eigenvalue weighted by atomic mass is 10.00. The number of furan rings is 1. The van der Waals surface area contributed by atoms with Gasteiger partial charge in [0.2, 0.25) is 5.91 Å². The molecule has 1 aromatic heterocycles. The fourth-order valence-electron chi connectivity index (χ4n) is 3.74. The Morgan fingerprint density at radius 2 is 1.90 bits per heavy atom. The molecule has 0 spiro atoms. The molecule has 0 bridgehead atoms. The molecule has 0 aliphatic carbocycles. The number of rotatable bonds is 3. The molecule has 3 aromatic carbocycles. The van der Waals surface area contributed by atoms with Crippen molar-refractivity contribution >= 4 is 45.1 Å². The Hall–Kier alpha value is -3.80. The summed E-state index contributed by atoms with van der Waals surface area (Å²) in [6.07, 6.45) is 1.05. The van der Waals surface area contributed by atoms with Gasteiger partial charge in [-0.25, -0.2) is 0 Å². The minimum absolute atomic E-state index is 0.00132. The van der Waals surface area contributed by atoms with Crippen LogP contribution in [0.25, 0.3) is 21.9 Å². The van der Waals surface area contributed by atoms with Gasteiger partial charge in [0.1, 0.15) is 16.9 Å². The van der Waals surface area contributed by atoms with Crippen LogP contribution < -0.4 is 15.4 Å². The van der Waals surface area contributed by atoms with Gasteiger partial charge in [-0.3, -0.25) is 9.59 Å². The summed E-state index contributed by atoms with van der Waals surface area (Å²) in [5, 5.41) is 7.67. The zero-order valence-electron chi connectivity index (χ0n) is 15.7. The van der Waals surface area contributed by atoms with Crippen LogP contribution in [0.15, 0.2) is 59.0 Å². The molecule has 1 aliphatic rings. The van der Waals surface area contributed by atoms with Gasteiger partial charge in [0.15, 0.2) is 0 Å². The van der Waals surface area contributed by atoms with Crippen molar-refractivity contribution < 1.29 is 18.7 Å². The predicted octanol–water partition coefficient (Wildman–Crippen LogP) is 4.73. The number of hydrogen-bond acceptors (Lipinski definition) is 4. The van der Waals surface area contributed by atoms with Crippen molar-refractivity contribution in [2.45, 2.75) is 12.8 Å².